The van der Waals surface area contributed by atoms with E-state index in [1.807, 2.05) is 37.3 Å². The highest BCUT2D eigenvalue weighted by molar-refractivity contribution is 5.59. The summed E-state index contributed by atoms with van der Waals surface area (Å²) in [6, 6.07) is 10.1. The number of fused-ring (bicyclic) bond motifs is 1. The first-order valence-electron chi connectivity index (χ1n) is 6.99. The Morgan fingerprint density at radius 3 is 2.71 bits per heavy atom. The Morgan fingerprint density at radius 1 is 1.29 bits per heavy atom. The molecule has 0 radical (unpaired) electrons. The lowest BCUT2D eigenvalue weighted by Crippen LogP contribution is -2.06. The topological polar surface area (TPSA) is 81.1 Å². The predicted octanol–water partition coefficient (Wildman–Crippen LogP) is 2.45. The minimum atomic E-state index is 0.0358. The van der Waals surface area contributed by atoms with E-state index in [1.165, 1.54) is 6.33 Å². The minimum absolute atomic E-state index is 0.0358. The molecule has 3 N–H and O–H groups in total. The van der Waals surface area contributed by atoms with Crippen LogP contribution < -0.4 is 11.1 Å². The monoisotopic (exact) mass is 282 g/mol. The summed E-state index contributed by atoms with van der Waals surface area (Å²) in [7, 11) is 0. The molecule has 1 atom stereocenters. The number of rotatable bonds is 4. The summed E-state index contributed by atoms with van der Waals surface area (Å²) in [6.45, 7) is 4.04. The van der Waals surface area contributed by atoms with Crippen molar-refractivity contribution in [2.75, 3.05) is 5.32 Å². The smallest absolute Gasteiger partial charge is 0.254 e. The van der Waals surface area contributed by atoms with E-state index >= 15 is 0 Å². The summed E-state index contributed by atoms with van der Waals surface area (Å²) in [5, 5.41) is 7.55. The molecule has 21 heavy (non-hydrogen) atoms. The molecule has 0 fully saturated rings. The number of hydrogen-bond acceptors (Lipinski definition) is 5. The van der Waals surface area contributed by atoms with Gasteiger partial charge in [-0.3, -0.25) is 0 Å². The van der Waals surface area contributed by atoms with E-state index in [1.54, 1.807) is 4.52 Å². The van der Waals surface area contributed by atoms with Gasteiger partial charge in [0.05, 0.1) is 0 Å². The average Bonchev–Trinajstić information content (AvgIpc) is 2.96. The zero-order chi connectivity index (χ0) is 14.8. The molecule has 2 heterocycles. The molecule has 2 aromatic heterocycles. The van der Waals surface area contributed by atoms with E-state index in [4.69, 9.17) is 5.73 Å². The number of nitrogens with two attached hydrogens (primary N) is 1. The standard InChI is InChI=1S/C15H18N6/c1-3-12-8-14(21-15(20-12)17-9-18-21)19-13-6-4-11(5-7-13)10(2)16/h4-10,19H,3,16H2,1-2H3. The second kappa shape index (κ2) is 5.49. The molecule has 0 aliphatic heterocycles. The van der Waals surface area contributed by atoms with Crippen LogP contribution in [0.2, 0.25) is 0 Å². The third-order valence-corrected chi connectivity index (χ3v) is 3.38. The van der Waals surface area contributed by atoms with Crippen LogP contribution in [-0.2, 0) is 6.42 Å². The van der Waals surface area contributed by atoms with Crippen LogP contribution in [0.25, 0.3) is 5.78 Å². The molecule has 6 nitrogen and oxygen atoms in total. The van der Waals surface area contributed by atoms with Crippen LogP contribution in [0.15, 0.2) is 36.7 Å². The fourth-order valence-electron chi connectivity index (χ4n) is 2.15. The van der Waals surface area contributed by atoms with Crippen LogP contribution in [0, 0.1) is 0 Å². The lowest BCUT2D eigenvalue weighted by atomic mass is 10.1. The maximum atomic E-state index is 5.86. The van der Waals surface area contributed by atoms with Crippen LogP contribution in [-0.4, -0.2) is 19.6 Å². The maximum absolute atomic E-state index is 5.86. The summed E-state index contributed by atoms with van der Waals surface area (Å²) in [4.78, 5) is 8.58. The Hall–Kier alpha value is -2.47. The Kier molecular flexibility index (Phi) is 3.53. The van der Waals surface area contributed by atoms with Gasteiger partial charge in [-0.05, 0) is 31.0 Å². The Bertz CT molecular complexity index is 744. The number of aryl methyl sites for hydroxylation is 1. The van der Waals surface area contributed by atoms with Gasteiger partial charge in [0.25, 0.3) is 5.78 Å². The van der Waals surface area contributed by atoms with Gasteiger partial charge in [-0.15, -0.1) is 0 Å². The highest BCUT2D eigenvalue weighted by Gasteiger charge is 2.07. The van der Waals surface area contributed by atoms with Crippen molar-refractivity contribution < 1.29 is 0 Å². The van der Waals surface area contributed by atoms with E-state index < -0.39 is 0 Å². The van der Waals surface area contributed by atoms with E-state index in [-0.39, 0.29) is 6.04 Å². The van der Waals surface area contributed by atoms with E-state index in [2.05, 4.69) is 27.3 Å². The first-order chi connectivity index (χ1) is 10.2. The van der Waals surface area contributed by atoms with Gasteiger partial charge < -0.3 is 11.1 Å². The molecule has 1 unspecified atom stereocenters. The third-order valence-electron chi connectivity index (χ3n) is 3.38. The van der Waals surface area contributed by atoms with Gasteiger partial charge in [0.2, 0.25) is 0 Å². The molecule has 0 aliphatic rings. The van der Waals surface area contributed by atoms with Gasteiger partial charge >= 0.3 is 0 Å². The van der Waals surface area contributed by atoms with Gasteiger partial charge in [0.1, 0.15) is 12.1 Å². The van der Waals surface area contributed by atoms with E-state index in [0.29, 0.717) is 5.78 Å². The molecule has 0 spiro atoms. The van der Waals surface area contributed by atoms with E-state index in [0.717, 1.165) is 29.2 Å². The van der Waals surface area contributed by atoms with Crippen molar-refractivity contribution in [3.8, 4) is 0 Å². The largest absolute Gasteiger partial charge is 0.340 e. The number of aromatic nitrogens is 4. The maximum Gasteiger partial charge on any atom is 0.254 e. The number of benzene rings is 1. The van der Waals surface area contributed by atoms with Crippen molar-refractivity contribution in [2.24, 2.45) is 5.73 Å². The Labute approximate surface area is 123 Å². The van der Waals surface area contributed by atoms with Crippen molar-refractivity contribution in [3.63, 3.8) is 0 Å². The molecule has 0 aliphatic carbocycles. The van der Waals surface area contributed by atoms with Gasteiger partial charge in [0, 0.05) is 23.5 Å². The van der Waals surface area contributed by atoms with Crippen molar-refractivity contribution in [1.82, 2.24) is 19.6 Å². The SMILES string of the molecule is CCc1cc(Nc2ccc(C(C)N)cc2)n2ncnc2n1. The zero-order valence-corrected chi connectivity index (χ0v) is 12.1. The minimum Gasteiger partial charge on any atom is -0.340 e. The number of anilines is 2. The van der Waals surface area contributed by atoms with Crippen LogP contribution >= 0.6 is 0 Å². The quantitative estimate of drug-likeness (QED) is 0.768. The molecule has 3 rings (SSSR count). The first kappa shape index (κ1) is 13.5. The van der Waals surface area contributed by atoms with Crippen molar-refractivity contribution in [3.05, 3.63) is 47.9 Å². The van der Waals surface area contributed by atoms with Gasteiger partial charge in [-0.2, -0.15) is 14.6 Å². The summed E-state index contributed by atoms with van der Waals surface area (Å²) in [6.07, 6.45) is 2.35. The second-order valence-electron chi connectivity index (χ2n) is 4.99. The fourth-order valence-corrected chi connectivity index (χ4v) is 2.15. The Morgan fingerprint density at radius 2 is 2.05 bits per heavy atom. The van der Waals surface area contributed by atoms with Crippen LogP contribution in [0.1, 0.15) is 31.1 Å². The third kappa shape index (κ3) is 2.71. The summed E-state index contributed by atoms with van der Waals surface area (Å²) in [5.41, 5.74) is 8.92. The Balaban J connectivity index is 1.95. The molecule has 0 saturated carbocycles. The molecule has 1 aromatic carbocycles. The molecular weight excluding hydrogens is 264 g/mol. The molecule has 3 aromatic rings. The molecule has 0 saturated heterocycles. The van der Waals surface area contributed by atoms with Gasteiger partial charge in [0.15, 0.2) is 0 Å². The van der Waals surface area contributed by atoms with Crippen LogP contribution in [0.4, 0.5) is 11.5 Å². The molecule has 108 valence electrons. The number of hydrogen-bond donors (Lipinski definition) is 2. The average molecular weight is 282 g/mol. The predicted molar refractivity (Wildman–Crippen MR) is 82.5 cm³/mol. The first-order valence-corrected chi connectivity index (χ1v) is 6.99. The highest BCUT2D eigenvalue weighted by atomic mass is 15.3. The lowest BCUT2D eigenvalue weighted by molar-refractivity contribution is 0.818. The van der Waals surface area contributed by atoms with Crippen LogP contribution in [0.5, 0.6) is 0 Å². The number of nitrogens with one attached hydrogen (secondary N) is 1. The van der Waals surface area contributed by atoms with Crippen molar-refractivity contribution >= 4 is 17.3 Å². The fraction of sp³-hybridized carbons (Fsp3) is 0.267. The van der Waals surface area contributed by atoms with Gasteiger partial charge in [-0.25, -0.2) is 4.98 Å². The molecule has 0 bridgehead atoms. The van der Waals surface area contributed by atoms with Crippen molar-refractivity contribution in [1.29, 1.82) is 0 Å². The molecular formula is C15H18N6. The van der Waals surface area contributed by atoms with Crippen molar-refractivity contribution in [2.45, 2.75) is 26.3 Å². The van der Waals surface area contributed by atoms with E-state index in [9.17, 15) is 0 Å². The molecule has 0 amide bonds. The number of nitrogens with zero attached hydrogens (tertiary/aromatic N) is 4. The second-order valence-corrected chi connectivity index (χ2v) is 4.99. The van der Waals surface area contributed by atoms with Crippen LogP contribution in [0.3, 0.4) is 0 Å². The molecule has 6 heteroatoms. The zero-order valence-electron chi connectivity index (χ0n) is 12.1. The highest BCUT2D eigenvalue weighted by Crippen LogP contribution is 2.20. The summed E-state index contributed by atoms with van der Waals surface area (Å²) in [5.74, 6) is 1.45. The lowest BCUT2D eigenvalue weighted by Gasteiger charge is -2.11. The van der Waals surface area contributed by atoms with Gasteiger partial charge in [-0.1, -0.05) is 19.1 Å². The summed E-state index contributed by atoms with van der Waals surface area (Å²) >= 11 is 0. The normalized spacial score (nSPS) is 12.5. The summed E-state index contributed by atoms with van der Waals surface area (Å²) < 4.78 is 1.69.